The highest BCUT2D eigenvalue weighted by molar-refractivity contribution is 6.02. The van der Waals surface area contributed by atoms with Crippen molar-refractivity contribution in [3.63, 3.8) is 0 Å². The van der Waals surface area contributed by atoms with Gasteiger partial charge in [0.15, 0.2) is 0 Å². The van der Waals surface area contributed by atoms with E-state index in [1.54, 1.807) is 0 Å². The Balaban J connectivity index is 1.26. The number of nitrogens with zero attached hydrogens (tertiary/aromatic N) is 1. The summed E-state index contributed by atoms with van der Waals surface area (Å²) in [5.41, 5.74) is 2.82. The van der Waals surface area contributed by atoms with Crippen molar-refractivity contribution in [2.75, 3.05) is 18.4 Å². The number of benzene rings is 3. The molecule has 3 aromatic carbocycles. The van der Waals surface area contributed by atoms with Crippen molar-refractivity contribution >= 4 is 22.4 Å². The van der Waals surface area contributed by atoms with Crippen LogP contribution in [0, 0.1) is 11.8 Å². The summed E-state index contributed by atoms with van der Waals surface area (Å²) in [5, 5.41) is 9.74. The minimum absolute atomic E-state index is 0.0625. The molecule has 3 atom stereocenters. The summed E-state index contributed by atoms with van der Waals surface area (Å²) in [5.74, 6) is 1.13. The van der Waals surface area contributed by atoms with Gasteiger partial charge in [-0.3, -0.25) is 9.69 Å². The molecule has 1 amide bonds. The second-order valence-corrected chi connectivity index (χ2v) is 8.83. The van der Waals surface area contributed by atoms with Gasteiger partial charge in [-0.1, -0.05) is 54.6 Å². The first-order valence-electron chi connectivity index (χ1n) is 10.6. The molecule has 29 heavy (non-hydrogen) atoms. The Morgan fingerprint density at radius 3 is 2.72 bits per heavy atom. The van der Waals surface area contributed by atoms with Crippen molar-refractivity contribution in [3.8, 4) is 0 Å². The molecule has 2 heterocycles. The highest BCUT2D eigenvalue weighted by atomic mass is 16.2. The van der Waals surface area contributed by atoms with E-state index in [9.17, 15) is 4.79 Å². The molecule has 4 heteroatoms. The third kappa shape index (κ3) is 2.66. The monoisotopic (exact) mass is 383 g/mol. The lowest BCUT2D eigenvalue weighted by atomic mass is 9.89. The van der Waals surface area contributed by atoms with Crippen LogP contribution in [0.4, 0.5) is 5.69 Å². The number of fused-ring (bicyclic) bond motifs is 4. The quantitative estimate of drug-likeness (QED) is 0.696. The van der Waals surface area contributed by atoms with Gasteiger partial charge >= 0.3 is 0 Å². The van der Waals surface area contributed by atoms with E-state index in [1.807, 2.05) is 24.3 Å². The molecule has 2 fully saturated rings. The average Bonchev–Trinajstić information content (AvgIpc) is 3.29. The van der Waals surface area contributed by atoms with Crippen molar-refractivity contribution in [2.45, 2.75) is 25.0 Å². The lowest BCUT2D eigenvalue weighted by Crippen LogP contribution is -2.61. The maximum atomic E-state index is 12.8. The first-order chi connectivity index (χ1) is 14.2. The molecule has 2 N–H and O–H groups in total. The second-order valence-electron chi connectivity index (χ2n) is 8.83. The van der Waals surface area contributed by atoms with Crippen molar-refractivity contribution in [1.29, 1.82) is 0 Å². The van der Waals surface area contributed by atoms with Crippen molar-refractivity contribution < 1.29 is 4.79 Å². The minimum Gasteiger partial charge on any atom is -0.362 e. The predicted molar refractivity (Wildman–Crippen MR) is 116 cm³/mol. The van der Waals surface area contributed by atoms with E-state index >= 15 is 0 Å². The molecule has 1 saturated heterocycles. The van der Waals surface area contributed by atoms with Crippen molar-refractivity contribution in [1.82, 2.24) is 10.2 Å². The number of hydrogen-bond acceptors (Lipinski definition) is 3. The van der Waals surface area contributed by atoms with Crippen LogP contribution in [0.2, 0.25) is 0 Å². The Morgan fingerprint density at radius 1 is 0.931 bits per heavy atom. The Labute approximate surface area is 170 Å². The smallest absolute Gasteiger partial charge is 0.255 e. The Hall–Kier alpha value is -2.85. The topological polar surface area (TPSA) is 44.4 Å². The molecule has 4 nitrogen and oxygen atoms in total. The van der Waals surface area contributed by atoms with Gasteiger partial charge in [-0.15, -0.1) is 0 Å². The fourth-order valence-electron chi connectivity index (χ4n) is 5.85. The normalized spacial score (nSPS) is 28.2. The number of carbonyl (C=O) groups is 1. The Kier molecular flexibility index (Phi) is 3.72. The summed E-state index contributed by atoms with van der Waals surface area (Å²) in [6.07, 6.45) is 2.16. The predicted octanol–water partition coefficient (Wildman–Crippen LogP) is 4.23. The van der Waals surface area contributed by atoms with Crippen LogP contribution in [0.3, 0.4) is 0 Å². The second kappa shape index (κ2) is 6.33. The molecule has 1 spiro atoms. The van der Waals surface area contributed by atoms with Gasteiger partial charge in [0.1, 0.15) is 5.66 Å². The summed E-state index contributed by atoms with van der Waals surface area (Å²) < 4.78 is 0. The molecule has 0 aromatic heterocycles. The van der Waals surface area contributed by atoms with Gasteiger partial charge in [-0.2, -0.15) is 0 Å². The van der Waals surface area contributed by atoms with Gasteiger partial charge in [0.25, 0.3) is 5.91 Å². The van der Waals surface area contributed by atoms with Crippen LogP contribution in [0.25, 0.3) is 10.8 Å². The summed E-state index contributed by atoms with van der Waals surface area (Å²) in [4.78, 5) is 15.4. The molecule has 3 aliphatic rings. The van der Waals surface area contributed by atoms with Crippen LogP contribution in [0.15, 0.2) is 66.7 Å². The van der Waals surface area contributed by atoms with E-state index in [2.05, 4.69) is 58.0 Å². The molecule has 146 valence electrons. The molecule has 0 bridgehead atoms. The number of rotatable bonds is 2. The van der Waals surface area contributed by atoms with Crippen LogP contribution in [0.1, 0.15) is 28.8 Å². The van der Waals surface area contributed by atoms with Crippen molar-refractivity contribution in [3.05, 3.63) is 77.9 Å². The zero-order valence-corrected chi connectivity index (χ0v) is 16.4. The molecule has 1 aliphatic carbocycles. The number of likely N-dealkylation sites (tertiary alicyclic amines) is 1. The molecular weight excluding hydrogens is 358 g/mol. The zero-order valence-electron chi connectivity index (χ0n) is 16.4. The number of amides is 1. The summed E-state index contributed by atoms with van der Waals surface area (Å²) in [6, 6.07) is 23.1. The molecule has 3 aromatic rings. The van der Waals surface area contributed by atoms with E-state index in [0.717, 1.165) is 43.7 Å². The number of anilines is 1. The first kappa shape index (κ1) is 17.0. The third-order valence-electron chi connectivity index (χ3n) is 7.20. The lowest BCUT2D eigenvalue weighted by Gasteiger charge is -2.42. The van der Waals surface area contributed by atoms with E-state index in [-0.39, 0.29) is 11.6 Å². The fourth-order valence-corrected chi connectivity index (χ4v) is 5.85. The fraction of sp³-hybridized carbons (Fsp3) is 0.320. The number of nitrogens with one attached hydrogen (secondary N) is 2. The minimum atomic E-state index is -0.302. The molecule has 0 radical (unpaired) electrons. The number of para-hydroxylation sites is 1. The standard InChI is InChI=1S/C25H25N3O/c29-24-21-10-3-4-11-23(21)26-25(27-24)13-12-19-15-28(16-22(19)25)14-18-8-5-7-17-6-1-2-9-20(17)18/h1-11,19,22,26H,12-16H2,(H,27,29)/t19-,22+,25+/m1/s1. The highest BCUT2D eigenvalue weighted by Crippen LogP contribution is 2.47. The van der Waals surface area contributed by atoms with Gasteiger partial charge in [0.2, 0.25) is 0 Å². The molecular formula is C25H25N3O. The third-order valence-corrected chi connectivity index (χ3v) is 7.20. The average molecular weight is 383 g/mol. The zero-order chi connectivity index (χ0) is 19.4. The lowest BCUT2D eigenvalue weighted by molar-refractivity contribution is 0.0871. The van der Waals surface area contributed by atoms with E-state index < -0.39 is 0 Å². The molecule has 1 saturated carbocycles. The number of hydrogen-bond donors (Lipinski definition) is 2. The van der Waals surface area contributed by atoms with Gasteiger partial charge in [-0.05, 0) is 47.2 Å². The van der Waals surface area contributed by atoms with Crippen LogP contribution in [-0.2, 0) is 6.54 Å². The Morgan fingerprint density at radius 2 is 1.76 bits per heavy atom. The first-order valence-corrected chi connectivity index (χ1v) is 10.6. The summed E-state index contributed by atoms with van der Waals surface area (Å²) in [7, 11) is 0. The molecule has 6 rings (SSSR count). The summed E-state index contributed by atoms with van der Waals surface area (Å²) >= 11 is 0. The Bertz CT molecular complexity index is 1100. The largest absolute Gasteiger partial charge is 0.362 e. The van der Waals surface area contributed by atoms with Crippen LogP contribution in [-0.4, -0.2) is 29.6 Å². The molecule has 2 aliphatic heterocycles. The SMILES string of the molecule is O=C1N[C@]2(CC[C@@H]3CN(Cc4cccc5ccccc45)C[C@@H]32)Nc2ccccc21. The highest BCUT2D eigenvalue weighted by Gasteiger charge is 2.54. The van der Waals surface area contributed by atoms with Gasteiger partial charge in [0, 0.05) is 31.2 Å². The van der Waals surface area contributed by atoms with Crippen LogP contribution >= 0.6 is 0 Å². The van der Waals surface area contributed by atoms with E-state index in [4.69, 9.17) is 0 Å². The van der Waals surface area contributed by atoms with Gasteiger partial charge < -0.3 is 10.6 Å². The van der Waals surface area contributed by atoms with E-state index in [0.29, 0.717) is 11.8 Å². The maximum absolute atomic E-state index is 12.8. The summed E-state index contributed by atoms with van der Waals surface area (Å²) in [6.45, 7) is 3.09. The van der Waals surface area contributed by atoms with Gasteiger partial charge in [-0.25, -0.2) is 0 Å². The van der Waals surface area contributed by atoms with Crippen LogP contribution in [0.5, 0.6) is 0 Å². The maximum Gasteiger partial charge on any atom is 0.255 e. The van der Waals surface area contributed by atoms with E-state index in [1.165, 1.54) is 16.3 Å². The molecule has 0 unspecified atom stereocenters. The van der Waals surface area contributed by atoms with Gasteiger partial charge in [0.05, 0.1) is 5.56 Å². The van der Waals surface area contributed by atoms with Crippen molar-refractivity contribution in [2.24, 2.45) is 11.8 Å². The number of carbonyl (C=O) groups excluding carboxylic acids is 1. The van der Waals surface area contributed by atoms with Crippen LogP contribution < -0.4 is 10.6 Å².